The Morgan fingerprint density at radius 1 is 1.16 bits per heavy atom. The Morgan fingerprint density at radius 3 is 2.71 bits per heavy atom. The number of rotatable bonds is 10. The van der Waals surface area contributed by atoms with E-state index in [1.54, 1.807) is 13.3 Å². The maximum Gasteiger partial charge on any atom is 0.241 e. The summed E-state index contributed by atoms with van der Waals surface area (Å²) in [7, 11) is 3.59. The highest BCUT2D eigenvalue weighted by atomic mass is 16.5. The number of hydrogen-bond donors (Lipinski definition) is 4. The molecule has 0 bridgehead atoms. The molecule has 0 spiro atoms. The van der Waals surface area contributed by atoms with Crippen LogP contribution in [-0.2, 0) is 16.0 Å². The van der Waals surface area contributed by atoms with Gasteiger partial charge in [0.15, 0.2) is 0 Å². The highest BCUT2D eigenvalue weighted by Gasteiger charge is 2.14. The van der Waals surface area contributed by atoms with Crippen LogP contribution in [0.25, 0.3) is 0 Å². The number of carbonyl (C=O) groups excluding carboxylic acids is 1. The zero-order valence-corrected chi connectivity index (χ0v) is 17.8. The van der Waals surface area contributed by atoms with Crippen molar-refractivity contribution in [3.8, 4) is 0 Å². The third kappa shape index (κ3) is 6.80. The van der Waals surface area contributed by atoms with Crippen molar-refractivity contribution in [2.45, 2.75) is 12.5 Å². The van der Waals surface area contributed by atoms with Crippen molar-refractivity contribution in [2.24, 2.45) is 5.73 Å². The molecule has 0 aliphatic rings. The summed E-state index contributed by atoms with van der Waals surface area (Å²) in [5.41, 5.74) is 9.43. The molecule has 1 atom stereocenters. The quantitative estimate of drug-likeness (QED) is 0.287. The van der Waals surface area contributed by atoms with E-state index in [0.29, 0.717) is 31.2 Å². The number of nitrogens with zero attached hydrogens (tertiary/aromatic N) is 2. The monoisotopic (exact) mass is 418 g/mol. The summed E-state index contributed by atoms with van der Waals surface area (Å²) < 4.78 is 5.06. The van der Waals surface area contributed by atoms with Gasteiger partial charge in [-0.25, -0.2) is 4.98 Å². The van der Waals surface area contributed by atoms with Crippen LogP contribution in [0.1, 0.15) is 5.56 Å². The first-order chi connectivity index (χ1) is 15.0. The summed E-state index contributed by atoms with van der Waals surface area (Å²) >= 11 is 0. The zero-order chi connectivity index (χ0) is 22.1. The molecule has 8 nitrogen and oxygen atoms in total. The lowest BCUT2D eigenvalue weighted by Gasteiger charge is -2.14. The predicted octanol–water partition coefficient (Wildman–Crippen LogP) is 1.05. The summed E-state index contributed by atoms with van der Waals surface area (Å²) in [4.78, 5) is 21.3. The standard InChI is InChI=1S/C22H27BN6O2/c1-31-11-10-25-20-18(23)14-26-22(29-20)28-17-9-5-8-16(13-17)27-21(30)19(24)12-15-6-3-2-4-7-15/h2-9,13-14,19H,10-12,23-24H2,1H3,(H,27,30)(H2,25,26,28,29). The smallest absolute Gasteiger partial charge is 0.241 e. The van der Waals surface area contributed by atoms with Crippen molar-refractivity contribution >= 4 is 42.4 Å². The van der Waals surface area contributed by atoms with Crippen molar-refractivity contribution in [3.05, 3.63) is 66.4 Å². The maximum atomic E-state index is 12.5. The highest BCUT2D eigenvalue weighted by Crippen LogP contribution is 2.19. The fraction of sp³-hybridized carbons (Fsp3) is 0.227. The SMILES string of the molecule is Bc1cnc(Nc2cccc(NC(=O)C(N)Cc3ccccc3)c2)nc1NCCOC. The number of anilines is 4. The van der Waals surface area contributed by atoms with Gasteiger partial charge in [0, 0.05) is 31.2 Å². The topological polar surface area (TPSA) is 114 Å². The van der Waals surface area contributed by atoms with Gasteiger partial charge >= 0.3 is 0 Å². The minimum atomic E-state index is -0.639. The van der Waals surface area contributed by atoms with E-state index in [1.165, 1.54) is 0 Å². The Kier molecular flexibility index (Phi) is 7.97. The van der Waals surface area contributed by atoms with Crippen molar-refractivity contribution in [2.75, 3.05) is 36.2 Å². The Morgan fingerprint density at radius 2 is 1.94 bits per heavy atom. The molecule has 2 aromatic carbocycles. The van der Waals surface area contributed by atoms with Crippen molar-refractivity contribution in [1.82, 2.24) is 9.97 Å². The minimum absolute atomic E-state index is 0.239. The van der Waals surface area contributed by atoms with Crippen molar-refractivity contribution in [3.63, 3.8) is 0 Å². The van der Waals surface area contributed by atoms with Crippen LogP contribution in [-0.4, -0.2) is 50.0 Å². The second-order valence-corrected chi connectivity index (χ2v) is 7.14. The summed E-state index contributed by atoms with van der Waals surface area (Å²) in [5, 5.41) is 9.26. The summed E-state index contributed by atoms with van der Waals surface area (Å²) in [6.45, 7) is 1.24. The molecule has 160 valence electrons. The third-order valence-electron chi connectivity index (χ3n) is 4.59. The molecule has 0 aliphatic carbocycles. The summed E-state index contributed by atoms with van der Waals surface area (Å²) in [6, 6.07) is 16.4. The number of ether oxygens (including phenoxy) is 1. The number of aromatic nitrogens is 2. The average Bonchev–Trinajstić information content (AvgIpc) is 2.77. The molecule has 5 N–H and O–H groups in total. The van der Waals surface area contributed by atoms with E-state index < -0.39 is 6.04 Å². The van der Waals surface area contributed by atoms with Crippen LogP contribution >= 0.6 is 0 Å². The first kappa shape index (κ1) is 22.3. The Bertz CT molecular complexity index is 1000. The molecular formula is C22H27BN6O2. The number of carbonyl (C=O) groups is 1. The molecule has 31 heavy (non-hydrogen) atoms. The molecule has 0 radical (unpaired) electrons. The van der Waals surface area contributed by atoms with Gasteiger partial charge in [0.25, 0.3) is 0 Å². The van der Waals surface area contributed by atoms with E-state index in [0.717, 1.165) is 22.5 Å². The van der Waals surface area contributed by atoms with Gasteiger partial charge < -0.3 is 26.4 Å². The molecule has 3 rings (SSSR count). The highest BCUT2D eigenvalue weighted by molar-refractivity contribution is 6.35. The molecule has 1 amide bonds. The number of nitrogens with two attached hydrogens (primary N) is 1. The van der Waals surface area contributed by atoms with E-state index in [4.69, 9.17) is 10.5 Å². The van der Waals surface area contributed by atoms with Crippen LogP contribution in [0.3, 0.4) is 0 Å². The molecule has 0 saturated carbocycles. The van der Waals surface area contributed by atoms with Gasteiger partial charge in [-0.05, 0) is 35.6 Å². The van der Waals surface area contributed by atoms with Gasteiger partial charge in [-0.15, -0.1) is 0 Å². The molecule has 3 aromatic rings. The first-order valence-electron chi connectivity index (χ1n) is 10.1. The minimum Gasteiger partial charge on any atom is -0.383 e. The molecule has 0 saturated heterocycles. The van der Waals surface area contributed by atoms with E-state index in [9.17, 15) is 4.79 Å². The predicted molar refractivity (Wildman–Crippen MR) is 127 cm³/mol. The molecule has 1 heterocycles. The van der Waals surface area contributed by atoms with Crippen LogP contribution in [0, 0.1) is 0 Å². The van der Waals surface area contributed by atoms with Gasteiger partial charge in [0.1, 0.15) is 13.7 Å². The largest absolute Gasteiger partial charge is 0.383 e. The molecule has 1 unspecified atom stereocenters. The number of nitrogens with one attached hydrogen (secondary N) is 3. The lowest BCUT2D eigenvalue weighted by molar-refractivity contribution is -0.117. The number of hydrogen-bond acceptors (Lipinski definition) is 7. The molecule has 1 aromatic heterocycles. The third-order valence-corrected chi connectivity index (χ3v) is 4.59. The van der Waals surface area contributed by atoms with Gasteiger partial charge in [-0.2, -0.15) is 4.98 Å². The maximum absolute atomic E-state index is 12.5. The van der Waals surface area contributed by atoms with E-state index in [2.05, 4.69) is 25.9 Å². The molecule has 0 fully saturated rings. The second kappa shape index (κ2) is 11.1. The van der Waals surface area contributed by atoms with Gasteiger partial charge in [-0.3, -0.25) is 4.79 Å². The van der Waals surface area contributed by atoms with Crippen molar-refractivity contribution < 1.29 is 9.53 Å². The van der Waals surface area contributed by atoms with Gasteiger partial charge in [-0.1, -0.05) is 36.4 Å². The lowest BCUT2D eigenvalue weighted by Crippen LogP contribution is -2.37. The Balaban J connectivity index is 1.62. The number of methoxy groups -OCH3 is 1. The van der Waals surface area contributed by atoms with Crippen molar-refractivity contribution in [1.29, 1.82) is 0 Å². The fourth-order valence-corrected chi connectivity index (χ4v) is 2.95. The van der Waals surface area contributed by atoms with E-state index in [1.807, 2.05) is 62.4 Å². The summed E-state index contributed by atoms with van der Waals surface area (Å²) in [6.07, 6.45) is 2.22. The molecule has 0 aliphatic heterocycles. The Labute approximate surface area is 183 Å². The van der Waals surface area contributed by atoms with Crippen LogP contribution in [0.4, 0.5) is 23.1 Å². The average molecular weight is 418 g/mol. The zero-order valence-electron chi connectivity index (χ0n) is 17.8. The van der Waals surface area contributed by atoms with Crippen LogP contribution in [0.15, 0.2) is 60.8 Å². The van der Waals surface area contributed by atoms with Gasteiger partial charge in [0.2, 0.25) is 11.9 Å². The van der Waals surface area contributed by atoms with Crippen LogP contribution < -0.4 is 27.1 Å². The molecular weight excluding hydrogens is 391 g/mol. The van der Waals surface area contributed by atoms with Crippen LogP contribution in [0.5, 0.6) is 0 Å². The van der Waals surface area contributed by atoms with Crippen LogP contribution in [0.2, 0.25) is 0 Å². The van der Waals surface area contributed by atoms with E-state index >= 15 is 0 Å². The summed E-state index contributed by atoms with van der Waals surface area (Å²) in [5.74, 6) is 0.956. The number of amides is 1. The second-order valence-electron chi connectivity index (χ2n) is 7.14. The normalized spacial score (nSPS) is 11.5. The first-order valence-corrected chi connectivity index (χ1v) is 10.1. The lowest BCUT2D eigenvalue weighted by atomic mass is 9.99. The molecule has 9 heteroatoms. The van der Waals surface area contributed by atoms with Gasteiger partial charge in [0.05, 0.1) is 12.6 Å². The van der Waals surface area contributed by atoms with E-state index in [-0.39, 0.29) is 5.91 Å². The fourth-order valence-electron chi connectivity index (χ4n) is 2.95. The number of benzene rings is 2. The Hall–Kier alpha value is -3.43.